The van der Waals surface area contributed by atoms with Crippen molar-refractivity contribution in [1.29, 1.82) is 0 Å². The van der Waals surface area contributed by atoms with E-state index in [9.17, 15) is 14.4 Å². The zero-order valence-electron chi connectivity index (χ0n) is 15.6. The van der Waals surface area contributed by atoms with Crippen molar-refractivity contribution in [3.8, 4) is 0 Å². The summed E-state index contributed by atoms with van der Waals surface area (Å²) in [6.07, 6.45) is 3.35. The van der Waals surface area contributed by atoms with Gasteiger partial charge in [-0.1, -0.05) is 12.2 Å². The Labute approximate surface area is 162 Å². The molecule has 8 nitrogen and oxygen atoms in total. The lowest BCUT2D eigenvalue weighted by Crippen LogP contribution is -2.33. The van der Waals surface area contributed by atoms with Crippen LogP contribution >= 0.6 is 11.3 Å². The van der Waals surface area contributed by atoms with E-state index in [0.29, 0.717) is 18.7 Å². The molecule has 0 aromatic carbocycles. The molecule has 0 aliphatic heterocycles. The molecule has 0 spiro atoms. The molecule has 148 valence electrons. The summed E-state index contributed by atoms with van der Waals surface area (Å²) in [4.78, 5) is 38.4. The number of thiophene rings is 1. The molecule has 0 aliphatic rings. The van der Waals surface area contributed by atoms with E-state index in [1.807, 2.05) is 0 Å². The Morgan fingerprint density at radius 2 is 1.85 bits per heavy atom. The van der Waals surface area contributed by atoms with Crippen LogP contribution < -0.4 is 11.1 Å². The largest absolute Gasteiger partial charge is 0.460 e. The topological polar surface area (TPSA) is 111 Å². The van der Waals surface area contributed by atoms with Gasteiger partial charge in [0.15, 0.2) is 0 Å². The van der Waals surface area contributed by atoms with Gasteiger partial charge < -0.3 is 20.5 Å². The van der Waals surface area contributed by atoms with Crippen molar-refractivity contribution in [2.24, 2.45) is 5.73 Å². The minimum absolute atomic E-state index is 0.0519. The summed E-state index contributed by atoms with van der Waals surface area (Å²) in [5.74, 6) is -1.68. The first kappa shape index (κ1) is 22.6. The highest BCUT2D eigenvalue weighted by atomic mass is 32.1. The summed E-state index contributed by atoms with van der Waals surface area (Å²) in [5, 5.41) is 2.90. The summed E-state index contributed by atoms with van der Waals surface area (Å²) in [6.45, 7) is 10.2. The van der Waals surface area contributed by atoms with Crippen LogP contribution in [0.1, 0.15) is 25.6 Å². The molecular weight excluding hydrogens is 370 g/mol. The van der Waals surface area contributed by atoms with Gasteiger partial charge in [-0.05, 0) is 12.5 Å². The standard InChI is InChI=1S/C18H25N3O5S/c1-5-7-21(8-6-2)11-13(22)20-17-14(18(24)26-10-9-25-4)12(3)15(27-17)16(19)23/h5-6H,1-2,7-11H2,3-4H3,(H2,19,23)(H,20,22). The molecule has 0 aliphatic carbocycles. The smallest absolute Gasteiger partial charge is 0.341 e. The maximum atomic E-state index is 12.4. The monoisotopic (exact) mass is 395 g/mol. The molecule has 0 fully saturated rings. The second-order valence-electron chi connectivity index (χ2n) is 5.57. The quantitative estimate of drug-likeness (QED) is 0.316. The van der Waals surface area contributed by atoms with E-state index in [1.165, 1.54) is 7.11 Å². The fourth-order valence-electron chi connectivity index (χ4n) is 2.31. The molecular formula is C18H25N3O5S. The van der Waals surface area contributed by atoms with E-state index in [1.54, 1.807) is 24.0 Å². The molecule has 0 saturated heterocycles. The zero-order chi connectivity index (χ0) is 20.4. The number of rotatable bonds is 12. The van der Waals surface area contributed by atoms with Gasteiger partial charge in [0.05, 0.1) is 23.6 Å². The minimum Gasteiger partial charge on any atom is -0.460 e. The Hall–Kier alpha value is -2.49. The van der Waals surface area contributed by atoms with Crippen LogP contribution in [-0.4, -0.2) is 62.6 Å². The molecule has 1 heterocycles. The number of amides is 2. The van der Waals surface area contributed by atoms with Crippen molar-refractivity contribution in [3.05, 3.63) is 41.3 Å². The van der Waals surface area contributed by atoms with Gasteiger partial charge in [-0.15, -0.1) is 24.5 Å². The van der Waals surface area contributed by atoms with Gasteiger partial charge in [0.25, 0.3) is 5.91 Å². The fourth-order valence-corrected chi connectivity index (χ4v) is 3.37. The summed E-state index contributed by atoms with van der Waals surface area (Å²) >= 11 is 0.946. The number of hydrogen-bond donors (Lipinski definition) is 2. The van der Waals surface area contributed by atoms with Crippen LogP contribution in [-0.2, 0) is 14.3 Å². The maximum absolute atomic E-state index is 12.4. The molecule has 0 bridgehead atoms. The minimum atomic E-state index is -0.677. The van der Waals surface area contributed by atoms with Gasteiger partial charge >= 0.3 is 5.97 Å². The molecule has 3 N–H and O–H groups in total. The number of nitrogens with zero attached hydrogens (tertiary/aromatic N) is 1. The molecule has 27 heavy (non-hydrogen) atoms. The van der Waals surface area contributed by atoms with Gasteiger partial charge in [-0.3, -0.25) is 14.5 Å². The van der Waals surface area contributed by atoms with E-state index < -0.39 is 11.9 Å². The van der Waals surface area contributed by atoms with E-state index in [4.69, 9.17) is 15.2 Å². The second-order valence-corrected chi connectivity index (χ2v) is 6.59. The third kappa shape index (κ3) is 6.63. The number of anilines is 1. The summed E-state index contributed by atoms with van der Waals surface area (Å²) in [6, 6.07) is 0. The lowest BCUT2D eigenvalue weighted by atomic mass is 10.1. The van der Waals surface area contributed by atoms with Crippen molar-refractivity contribution in [2.45, 2.75) is 6.92 Å². The highest BCUT2D eigenvalue weighted by molar-refractivity contribution is 7.18. The summed E-state index contributed by atoms with van der Waals surface area (Å²) in [5.41, 5.74) is 5.86. The number of carbonyl (C=O) groups is 3. The van der Waals surface area contributed by atoms with Crippen LogP contribution in [0, 0.1) is 6.92 Å². The number of ether oxygens (including phenoxy) is 2. The Bertz CT molecular complexity index is 704. The van der Waals surface area contributed by atoms with Gasteiger partial charge in [-0.2, -0.15) is 0 Å². The lowest BCUT2D eigenvalue weighted by Gasteiger charge is -2.18. The first-order valence-electron chi connectivity index (χ1n) is 8.18. The highest BCUT2D eigenvalue weighted by Gasteiger charge is 2.26. The molecule has 1 rings (SSSR count). The van der Waals surface area contributed by atoms with Gasteiger partial charge in [0.2, 0.25) is 5.91 Å². The first-order chi connectivity index (χ1) is 12.8. The fraction of sp³-hybridized carbons (Fsp3) is 0.389. The van der Waals surface area contributed by atoms with E-state index in [2.05, 4.69) is 18.5 Å². The van der Waals surface area contributed by atoms with Crippen LogP contribution in [0.15, 0.2) is 25.3 Å². The zero-order valence-corrected chi connectivity index (χ0v) is 16.4. The number of carbonyl (C=O) groups excluding carboxylic acids is 3. The molecule has 9 heteroatoms. The van der Waals surface area contributed by atoms with Gasteiger partial charge in [-0.25, -0.2) is 4.79 Å². The summed E-state index contributed by atoms with van der Waals surface area (Å²) in [7, 11) is 1.48. The predicted molar refractivity (Wildman–Crippen MR) is 105 cm³/mol. The number of nitrogens with one attached hydrogen (secondary N) is 1. The van der Waals surface area contributed by atoms with Crippen molar-refractivity contribution in [2.75, 3.05) is 45.3 Å². The Kier molecular flexibility index (Phi) is 9.41. The molecule has 2 amide bonds. The van der Waals surface area contributed by atoms with Crippen LogP contribution in [0.3, 0.4) is 0 Å². The first-order valence-corrected chi connectivity index (χ1v) is 9.00. The number of primary amides is 1. The third-order valence-corrected chi connectivity index (χ3v) is 4.71. The SMILES string of the molecule is C=CCN(CC=C)CC(=O)Nc1sc(C(N)=O)c(C)c1C(=O)OCCOC. The average Bonchev–Trinajstić information content (AvgIpc) is 2.91. The van der Waals surface area contributed by atoms with Crippen molar-refractivity contribution in [1.82, 2.24) is 4.90 Å². The number of nitrogens with two attached hydrogens (primary N) is 1. The van der Waals surface area contributed by atoms with Crippen LogP contribution in [0.2, 0.25) is 0 Å². The molecule has 1 aromatic rings. The van der Waals surface area contributed by atoms with E-state index in [0.717, 1.165) is 11.3 Å². The maximum Gasteiger partial charge on any atom is 0.341 e. The van der Waals surface area contributed by atoms with Gasteiger partial charge in [0, 0.05) is 20.2 Å². The molecule has 0 saturated carbocycles. The molecule has 1 aromatic heterocycles. The summed E-state index contributed by atoms with van der Waals surface area (Å²) < 4.78 is 9.97. The van der Waals surface area contributed by atoms with E-state index >= 15 is 0 Å². The number of hydrogen-bond acceptors (Lipinski definition) is 7. The number of methoxy groups -OCH3 is 1. The van der Waals surface area contributed by atoms with Crippen LogP contribution in [0.4, 0.5) is 5.00 Å². The van der Waals surface area contributed by atoms with Crippen LogP contribution in [0.5, 0.6) is 0 Å². The molecule has 0 unspecified atom stereocenters. The average molecular weight is 395 g/mol. The predicted octanol–water partition coefficient (Wildman–Crippen LogP) is 1.57. The van der Waals surface area contributed by atoms with Gasteiger partial charge in [0.1, 0.15) is 11.6 Å². The van der Waals surface area contributed by atoms with Crippen molar-refractivity contribution in [3.63, 3.8) is 0 Å². The third-order valence-electron chi connectivity index (χ3n) is 3.49. The van der Waals surface area contributed by atoms with Crippen molar-refractivity contribution >= 4 is 34.1 Å². The highest BCUT2D eigenvalue weighted by Crippen LogP contribution is 2.33. The van der Waals surface area contributed by atoms with E-state index in [-0.39, 0.29) is 41.1 Å². The van der Waals surface area contributed by atoms with Crippen molar-refractivity contribution < 1.29 is 23.9 Å². The lowest BCUT2D eigenvalue weighted by molar-refractivity contribution is -0.117. The Morgan fingerprint density at radius 1 is 1.22 bits per heavy atom. The molecule has 0 radical (unpaired) electrons. The Morgan fingerprint density at radius 3 is 2.37 bits per heavy atom. The van der Waals surface area contributed by atoms with Crippen LogP contribution in [0.25, 0.3) is 0 Å². The number of esters is 1. The normalized spacial score (nSPS) is 10.5. The molecule has 0 atom stereocenters. The second kappa shape index (κ2) is 11.3. The Balaban J connectivity index is 3.03.